The van der Waals surface area contributed by atoms with E-state index >= 15 is 0 Å². The largest absolute Gasteiger partial charge is 0.479 e. The van der Waals surface area contributed by atoms with E-state index < -0.39 is 24.0 Å². The van der Waals surface area contributed by atoms with Gasteiger partial charge in [0.1, 0.15) is 5.52 Å². The van der Waals surface area contributed by atoms with Gasteiger partial charge in [-0.1, -0.05) is 29.8 Å². The molecular formula is C16H14ClN5O4. The van der Waals surface area contributed by atoms with E-state index in [1.54, 1.807) is 24.3 Å². The van der Waals surface area contributed by atoms with Crippen molar-refractivity contribution in [3.63, 3.8) is 0 Å². The summed E-state index contributed by atoms with van der Waals surface area (Å²) >= 11 is 6.09. The summed E-state index contributed by atoms with van der Waals surface area (Å²) in [6.45, 7) is 0. The van der Waals surface area contributed by atoms with Gasteiger partial charge in [0.2, 0.25) is 5.65 Å². The molecular weight excluding hydrogens is 362 g/mol. The van der Waals surface area contributed by atoms with E-state index in [0.29, 0.717) is 21.7 Å². The molecule has 3 rings (SSSR count). The smallest absolute Gasteiger partial charge is 0.334 e. The van der Waals surface area contributed by atoms with Crippen LogP contribution in [0.15, 0.2) is 36.5 Å². The number of aliphatic carboxylic acids is 1. The van der Waals surface area contributed by atoms with Gasteiger partial charge in [-0.25, -0.2) is 9.78 Å². The summed E-state index contributed by atoms with van der Waals surface area (Å²) in [6.07, 6.45) is -0.475. The number of rotatable bonds is 6. The van der Waals surface area contributed by atoms with E-state index in [0.717, 1.165) is 0 Å². The molecule has 3 aromatic rings. The zero-order chi connectivity index (χ0) is 18.7. The maximum atomic E-state index is 12.5. The number of aromatic nitrogens is 4. The summed E-state index contributed by atoms with van der Waals surface area (Å²) in [7, 11) is 0. The Hall–Kier alpha value is -3.04. The van der Waals surface area contributed by atoms with Crippen LogP contribution in [0.25, 0.3) is 11.2 Å². The van der Waals surface area contributed by atoms with E-state index in [1.165, 1.54) is 12.3 Å². The molecule has 10 heteroatoms. The van der Waals surface area contributed by atoms with Crippen LogP contribution in [0, 0.1) is 0 Å². The number of carboxylic acid groups (broad SMARTS) is 1. The minimum atomic E-state index is -1.81. The Morgan fingerprint density at radius 3 is 2.77 bits per heavy atom. The van der Waals surface area contributed by atoms with E-state index in [9.17, 15) is 14.7 Å². The molecule has 26 heavy (non-hydrogen) atoms. The fraction of sp³-hybridized carbons (Fsp3) is 0.188. The molecule has 0 spiro atoms. The summed E-state index contributed by atoms with van der Waals surface area (Å²) in [6, 6.07) is 7.17. The number of pyridine rings is 1. The molecule has 0 bridgehead atoms. The number of carbonyl (C=O) groups is 2. The summed E-state index contributed by atoms with van der Waals surface area (Å²) in [5.74, 6) is -2.05. The summed E-state index contributed by atoms with van der Waals surface area (Å²) in [4.78, 5) is 27.7. The first-order valence-corrected chi connectivity index (χ1v) is 7.95. The highest BCUT2D eigenvalue weighted by atomic mass is 35.5. The first-order valence-electron chi connectivity index (χ1n) is 7.57. The van der Waals surface area contributed by atoms with Crippen LogP contribution in [0.1, 0.15) is 15.9 Å². The van der Waals surface area contributed by atoms with Gasteiger partial charge >= 0.3 is 5.97 Å². The lowest BCUT2D eigenvalue weighted by Gasteiger charge is -2.22. The second-order valence-corrected chi connectivity index (χ2v) is 5.96. The van der Waals surface area contributed by atoms with Gasteiger partial charge in [-0.15, -0.1) is 5.10 Å². The van der Waals surface area contributed by atoms with Crippen LogP contribution in [0.2, 0.25) is 5.02 Å². The molecule has 1 amide bonds. The Balaban J connectivity index is 1.83. The molecule has 0 fully saturated rings. The standard InChI is InChI=1S/C16H14ClN5O4/c17-10-4-2-1-3-8(10)5-11(13(23)16(25)26)19-15(24)9-6-12-14(18-7-9)21-22-20-12/h1-4,6-7,11,13,23H,5H2,(H,19,24)(H,25,26)(H,18,20,21,22)/t11-,13-/m1/s1. The molecule has 2 aromatic heterocycles. The number of halogens is 1. The van der Waals surface area contributed by atoms with Crippen molar-refractivity contribution >= 4 is 34.6 Å². The minimum absolute atomic E-state index is 0.0402. The van der Waals surface area contributed by atoms with E-state index in [-0.39, 0.29) is 12.0 Å². The van der Waals surface area contributed by atoms with Gasteiger partial charge in [0, 0.05) is 11.2 Å². The molecule has 0 saturated heterocycles. The molecule has 0 aliphatic heterocycles. The van der Waals surface area contributed by atoms with Gasteiger partial charge in [0.05, 0.1) is 11.6 Å². The van der Waals surface area contributed by atoms with E-state index in [4.69, 9.17) is 16.7 Å². The van der Waals surface area contributed by atoms with Crippen molar-refractivity contribution < 1.29 is 19.8 Å². The molecule has 0 saturated carbocycles. The lowest BCUT2D eigenvalue weighted by Crippen LogP contribution is -2.48. The predicted octanol–water partition coefficient (Wildman–Crippen LogP) is 0.793. The molecule has 4 N–H and O–H groups in total. The topological polar surface area (TPSA) is 141 Å². The fourth-order valence-corrected chi connectivity index (χ4v) is 2.64. The van der Waals surface area contributed by atoms with Gasteiger partial charge in [0.15, 0.2) is 6.10 Å². The first kappa shape index (κ1) is 17.8. The molecule has 134 valence electrons. The van der Waals surface area contributed by atoms with Crippen molar-refractivity contribution in [3.05, 3.63) is 52.7 Å². The molecule has 0 radical (unpaired) electrons. The highest BCUT2D eigenvalue weighted by Gasteiger charge is 2.28. The lowest BCUT2D eigenvalue weighted by atomic mass is 10.0. The predicted molar refractivity (Wildman–Crippen MR) is 91.7 cm³/mol. The Morgan fingerprint density at radius 1 is 1.27 bits per heavy atom. The average Bonchev–Trinajstić information content (AvgIpc) is 3.09. The number of carbonyl (C=O) groups excluding carboxylic acids is 1. The number of aliphatic hydroxyl groups excluding tert-OH is 1. The number of nitrogens with one attached hydrogen (secondary N) is 2. The number of fused-ring (bicyclic) bond motifs is 1. The lowest BCUT2D eigenvalue weighted by molar-refractivity contribution is -0.148. The number of nitrogens with zero attached hydrogens (tertiary/aromatic N) is 3. The van der Waals surface area contributed by atoms with Crippen LogP contribution < -0.4 is 5.32 Å². The Kier molecular flexibility index (Phi) is 5.10. The van der Waals surface area contributed by atoms with Crippen LogP contribution >= 0.6 is 11.6 Å². The number of hydrogen-bond acceptors (Lipinski definition) is 6. The Labute approximate surface area is 152 Å². The van der Waals surface area contributed by atoms with E-state index in [1.807, 2.05) is 0 Å². The number of benzene rings is 1. The van der Waals surface area contributed by atoms with Gasteiger partial charge < -0.3 is 15.5 Å². The molecule has 0 aliphatic rings. The van der Waals surface area contributed by atoms with Gasteiger partial charge in [-0.05, 0) is 24.1 Å². The summed E-state index contributed by atoms with van der Waals surface area (Å²) in [5.41, 5.74) is 1.50. The monoisotopic (exact) mass is 375 g/mol. The highest BCUT2D eigenvalue weighted by Crippen LogP contribution is 2.18. The Morgan fingerprint density at radius 2 is 2.04 bits per heavy atom. The van der Waals surface area contributed by atoms with Crippen molar-refractivity contribution in [1.82, 2.24) is 25.7 Å². The van der Waals surface area contributed by atoms with Gasteiger partial charge in [-0.3, -0.25) is 4.79 Å². The van der Waals surface area contributed by atoms with Crippen molar-refractivity contribution in [3.8, 4) is 0 Å². The van der Waals surface area contributed by atoms with Crippen molar-refractivity contribution in [2.24, 2.45) is 0 Å². The van der Waals surface area contributed by atoms with Crippen molar-refractivity contribution in [1.29, 1.82) is 0 Å². The number of amides is 1. The third-order valence-corrected chi connectivity index (χ3v) is 4.15. The van der Waals surface area contributed by atoms with E-state index in [2.05, 4.69) is 25.7 Å². The van der Waals surface area contributed by atoms with Crippen LogP contribution in [0.3, 0.4) is 0 Å². The van der Waals surface area contributed by atoms with Crippen molar-refractivity contribution in [2.45, 2.75) is 18.6 Å². The zero-order valence-corrected chi connectivity index (χ0v) is 14.0. The SMILES string of the molecule is O=C(N[C@H](Cc1ccccc1Cl)[C@@H](O)C(=O)O)c1cnc2n[nH]nc2c1. The number of aromatic amines is 1. The Bertz CT molecular complexity index is 960. The number of aliphatic hydroxyl groups is 1. The van der Waals surface area contributed by atoms with Gasteiger partial charge in [-0.2, -0.15) is 10.3 Å². The molecule has 2 atom stereocenters. The first-order chi connectivity index (χ1) is 12.5. The summed E-state index contributed by atoms with van der Waals surface area (Å²) < 4.78 is 0. The third kappa shape index (κ3) is 3.79. The number of H-pyrrole nitrogens is 1. The highest BCUT2D eigenvalue weighted by molar-refractivity contribution is 6.31. The van der Waals surface area contributed by atoms with Crippen molar-refractivity contribution in [2.75, 3.05) is 0 Å². The quantitative estimate of drug-likeness (QED) is 0.499. The maximum absolute atomic E-state index is 12.5. The van der Waals surface area contributed by atoms with Crippen LogP contribution in [-0.4, -0.2) is 54.6 Å². The minimum Gasteiger partial charge on any atom is -0.479 e. The third-order valence-electron chi connectivity index (χ3n) is 3.78. The number of hydrogen-bond donors (Lipinski definition) is 4. The second kappa shape index (κ2) is 7.46. The molecule has 0 unspecified atom stereocenters. The molecule has 0 aliphatic carbocycles. The van der Waals surface area contributed by atoms with Crippen LogP contribution in [0.4, 0.5) is 0 Å². The van der Waals surface area contributed by atoms with Gasteiger partial charge in [0.25, 0.3) is 5.91 Å². The summed E-state index contributed by atoms with van der Waals surface area (Å²) in [5, 5.41) is 32.1. The number of carboxylic acids is 1. The van der Waals surface area contributed by atoms with Crippen LogP contribution in [-0.2, 0) is 11.2 Å². The maximum Gasteiger partial charge on any atom is 0.334 e. The zero-order valence-electron chi connectivity index (χ0n) is 13.3. The normalized spacial score (nSPS) is 13.3. The molecule has 2 heterocycles. The average molecular weight is 376 g/mol. The molecule has 1 aromatic carbocycles. The fourth-order valence-electron chi connectivity index (χ4n) is 2.43. The second-order valence-electron chi connectivity index (χ2n) is 5.55. The molecule has 9 nitrogen and oxygen atoms in total. The van der Waals surface area contributed by atoms with Crippen LogP contribution in [0.5, 0.6) is 0 Å².